The first-order chi connectivity index (χ1) is 19.7. The van der Waals surface area contributed by atoms with Crippen molar-refractivity contribution in [3.8, 4) is 0 Å². The molecule has 0 bridgehead atoms. The van der Waals surface area contributed by atoms with Crippen molar-refractivity contribution in [2.45, 2.75) is 37.5 Å². The van der Waals surface area contributed by atoms with Gasteiger partial charge < -0.3 is 15.4 Å². The summed E-state index contributed by atoms with van der Waals surface area (Å²) in [5.41, 5.74) is 1.07. The van der Waals surface area contributed by atoms with E-state index in [1.807, 2.05) is 0 Å². The van der Waals surface area contributed by atoms with Crippen molar-refractivity contribution in [2.75, 3.05) is 22.0 Å². The van der Waals surface area contributed by atoms with E-state index in [0.717, 1.165) is 3.97 Å². The van der Waals surface area contributed by atoms with Gasteiger partial charge in [0.2, 0.25) is 11.8 Å². The predicted octanol–water partition coefficient (Wildman–Crippen LogP) is 4.08. The molecule has 0 aliphatic rings. The van der Waals surface area contributed by atoms with E-state index in [-0.39, 0.29) is 56.1 Å². The largest absolute Gasteiger partial charge is 0.462 e. The molecule has 1 aromatic heterocycles. The molecule has 3 N–H and O–H groups in total. The summed E-state index contributed by atoms with van der Waals surface area (Å²) in [6.45, 7) is 5.75. The third-order valence-corrected chi connectivity index (χ3v) is 9.30. The summed E-state index contributed by atoms with van der Waals surface area (Å²) in [5.74, 6) is -1.39. The minimum absolute atomic E-state index is 0.0309. The van der Waals surface area contributed by atoms with Crippen LogP contribution in [0.15, 0.2) is 76.5 Å². The number of rotatable bonds is 9. The van der Waals surface area contributed by atoms with Crippen LogP contribution >= 0.6 is 0 Å². The molecule has 0 fully saturated rings. The van der Waals surface area contributed by atoms with Crippen molar-refractivity contribution in [2.24, 2.45) is 0 Å². The van der Waals surface area contributed by atoms with Crippen LogP contribution in [0.4, 0.5) is 17.1 Å². The Bertz CT molecular complexity index is 1910. The molecule has 1 heterocycles. The molecule has 0 saturated carbocycles. The number of hydrogen-bond donors (Lipinski definition) is 3. The Morgan fingerprint density at radius 1 is 0.762 bits per heavy atom. The quantitative estimate of drug-likeness (QED) is 0.238. The third-order valence-electron chi connectivity index (χ3n) is 6.08. The number of sulfonamides is 1. The number of carbonyl (C=O) groups excluding carboxylic acids is 3. The van der Waals surface area contributed by atoms with Gasteiger partial charge in [-0.2, -0.15) is 0 Å². The van der Waals surface area contributed by atoms with Crippen LogP contribution in [-0.4, -0.2) is 45.2 Å². The van der Waals surface area contributed by atoms with Gasteiger partial charge in [0.1, 0.15) is 0 Å². The van der Waals surface area contributed by atoms with Crippen LogP contribution in [-0.2, 0) is 34.4 Å². The number of ether oxygens (including phenoxy) is 1. The van der Waals surface area contributed by atoms with Crippen LogP contribution in [0.1, 0.15) is 36.8 Å². The number of amides is 2. The molecule has 0 atom stereocenters. The van der Waals surface area contributed by atoms with Gasteiger partial charge in [0.05, 0.1) is 27.5 Å². The number of aromatic nitrogens is 1. The normalized spacial score (nSPS) is 11.6. The van der Waals surface area contributed by atoms with E-state index in [4.69, 9.17) is 4.74 Å². The van der Waals surface area contributed by atoms with Gasteiger partial charge in [-0.25, -0.2) is 25.6 Å². The zero-order chi connectivity index (χ0) is 30.8. The molecule has 0 unspecified atom stereocenters. The Kier molecular flexibility index (Phi) is 8.40. The van der Waals surface area contributed by atoms with Gasteiger partial charge in [0, 0.05) is 42.0 Å². The Labute approximate surface area is 242 Å². The molecular weight excluding hydrogens is 584 g/mol. The van der Waals surface area contributed by atoms with Crippen molar-refractivity contribution < 1.29 is 36.0 Å². The summed E-state index contributed by atoms with van der Waals surface area (Å²) in [4.78, 5) is 35.4. The van der Waals surface area contributed by atoms with Crippen LogP contribution in [0.5, 0.6) is 0 Å². The number of anilines is 3. The minimum Gasteiger partial charge on any atom is -0.462 e. The first kappa shape index (κ1) is 30.3. The van der Waals surface area contributed by atoms with Crippen LogP contribution < -0.4 is 15.4 Å². The summed E-state index contributed by atoms with van der Waals surface area (Å²) in [6.07, 6.45) is 0. The van der Waals surface area contributed by atoms with Crippen molar-refractivity contribution >= 4 is 65.8 Å². The van der Waals surface area contributed by atoms with Crippen molar-refractivity contribution in [3.05, 3.63) is 78.0 Å². The maximum absolute atomic E-state index is 13.8. The minimum atomic E-state index is -4.25. The second-order valence-corrected chi connectivity index (χ2v) is 12.7. The molecule has 0 aliphatic heterocycles. The maximum atomic E-state index is 13.8. The van der Waals surface area contributed by atoms with Crippen molar-refractivity contribution in [1.82, 2.24) is 3.97 Å². The first-order valence-electron chi connectivity index (χ1n) is 12.6. The molecule has 0 radical (unpaired) electrons. The Balaban J connectivity index is 1.79. The molecule has 12 nitrogen and oxygen atoms in total. The summed E-state index contributed by atoms with van der Waals surface area (Å²) >= 11 is 0. The van der Waals surface area contributed by atoms with Crippen molar-refractivity contribution in [3.63, 3.8) is 0 Å². The van der Waals surface area contributed by atoms with E-state index in [1.165, 1.54) is 87.5 Å². The molecule has 4 aromatic rings. The first-order valence-corrected chi connectivity index (χ1v) is 15.5. The van der Waals surface area contributed by atoms with Crippen molar-refractivity contribution in [1.29, 1.82) is 0 Å². The molecule has 0 aliphatic carbocycles. The van der Waals surface area contributed by atoms with E-state index < -0.39 is 26.0 Å². The molecule has 220 valence electrons. The summed E-state index contributed by atoms with van der Waals surface area (Å²) < 4.78 is 62.4. The number of hydrogen-bond acceptors (Lipinski definition) is 8. The van der Waals surface area contributed by atoms with Gasteiger partial charge in [-0.3, -0.25) is 14.3 Å². The van der Waals surface area contributed by atoms with Crippen LogP contribution in [0.3, 0.4) is 0 Å². The SMILES string of the molecule is CCOC(=O)c1c(C)n(S(=O)(=O)c2ccc(NC(C)=O)cc2)c2ccc(NS(=O)(=O)c3ccc(NC(C)=O)cc3)cc12. The van der Waals surface area contributed by atoms with Gasteiger partial charge in [-0.05, 0) is 80.6 Å². The lowest BCUT2D eigenvalue weighted by Gasteiger charge is -2.12. The number of esters is 1. The number of nitrogens with zero attached hydrogens (tertiary/aromatic N) is 1. The highest BCUT2D eigenvalue weighted by atomic mass is 32.2. The monoisotopic (exact) mass is 612 g/mol. The van der Waals surface area contributed by atoms with Gasteiger partial charge >= 0.3 is 5.97 Å². The van der Waals surface area contributed by atoms with Crippen LogP contribution in [0.2, 0.25) is 0 Å². The van der Waals surface area contributed by atoms with E-state index in [2.05, 4.69) is 15.4 Å². The van der Waals surface area contributed by atoms with Gasteiger partial charge in [0.25, 0.3) is 20.0 Å². The standard InChI is InChI=1S/C28H28N4O8S2/c1-5-40-28(35)27-17(2)32(42(38,39)24-13-8-21(9-14-24)30-19(4)34)26-15-10-22(16-25(26)27)31-41(36,37)23-11-6-20(7-12-23)29-18(3)33/h6-16,31H,5H2,1-4H3,(H,29,33)(H,30,34). The van der Waals surface area contributed by atoms with E-state index in [1.54, 1.807) is 6.92 Å². The summed E-state index contributed by atoms with van der Waals surface area (Å²) in [6, 6.07) is 15.2. The number of fused-ring (bicyclic) bond motifs is 1. The zero-order valence-electron chi connectivity index (χ0n) is 23.1. The maximum Gasteiger partial charge on any atom is 0.340 e. The molecule has 3 aromatic carbocycles. The lowest BCUT2D eigenvalue weighted by atomic mass is 10.1. The lowest BCUT2D eigenvalue weighted by molar-refractivity contribution is -0.115. The number of benzene rings is 3. The van der Waals surface area contributed by atoms with E-state index >= 15 is 0 Å². The van der Waals surface area contributed by atoms with Gasteiger partial charge in [-0.15, -0.1) is 0 Å². The van der Waals surface area contributed by atoms with Gasteiger partial charge in [-0.1, -0.05) is 0 Å². The molecule has 4 rings (SSSR count). The fourth-order valence-corrected chi connectivity index (χ4v) is 6.99. The average molecular weight is 613 g/mol. The number of nitrogens with one attached hydrogen (secondary N) is 3. The highest BCUT2D eigenvalue weighted by molar-refractivity contribution is 7.92. The average Bonchev–Trinajstić information content (AvgIpc) is 3.20. The number of carbonyl (C=O) groups is 3. The molecule has 2 amide bonds. The Hall–Kier alpha value is -4.69. The van der Waals surface area contributed by atoms with E-state index in [9.17, 15) is 31.2 Å². The fraction of sp³-hybridized carbons (Fsp3) is 0.179. The Morgan fingerprint density at radius 2 is 1.26 bits per heavy atom. The molecule has 14 heteroatoms. The highest BCUT2D eigenvalue weighted by Crippen LogP contribution is 2.33. The van der Waals surface area contributed by atoms with Gasteiger partial charge in [0.15, 0.2) is 0 Å². The van der Waals surface area contributed by atoms with E-state index in [0.29, 0.717) is 11.4 Å². The topological polar surface area (TPSA) is 170 Å². The van der Waals surface area contributed by atoms with Crippen LogP contribution in [0.25, 0.3) is 10.9 Å². The fourth-order valence-electron chi connectivity index (χ4n) is 4.38. The molecular formula is C28H28N4O8S2. The molecule has 0 spiro atoms. The Morgan fingerprint density at radius 3 is 1.76 bits per heavy atom. The lowest BCUT2D eigenvalue weighted by Crippen LogP contribution is -2.16. The zero-order valence-corrected chi connectivity index (χ0v) is 24.7. The smallest absolute Gasteiger partial charge is 0.340 e. The summed E-state index contributed by atoms with van der Waals surface area (Å²) in [7, 11) is -8.34. The third kappa shape index (κ3) is 6.14. The second-order valence-electron chi connectivity index (χ2n) is 9.20. The molecule has 42 heavy (non-hydrogen) atoms. The molecule has 0 saturated heterocycles. The van der Waals surface area contributed by atoms with Crippen LogP contribution in [0, 0.1) is 6.92 Å². The predicted molar refractivity (Wildman–Crippen MR) is 158 cm³/mol. The highest BCUT2D eigenvalue weighted by Gasteiger charge is 2.29. The second kappa shape index (κ2) is 11.7. The summed E-state index contributed by atoms with van der Waals surface area (Å²) in [5, 5.41) is 5.28.